The number of hydrogen-bond acceptors (Lipinski definition) is 5. The number of para-hydroxylation sites is 2. The van der Waals surface area contributed by atoms with E-state index in [9.17, 15) is 4.79 Å². The molecule has 0 aliphatic carbocycles. The maximum Gasteiger partial charge on any atom is 0.262 e. The van der Waals surface area contributed by atoms with Gasteiger partial charge in [-0.15, -0.1) is 0 Å². The Labute approximate surface area is 181 Å². The van der Waals surface area contributed by atoms with Gasteiger partial charge in [0.2, 0.25) is 0 Å². The lowest BCUT2D eigenvalue weighted by Gasteiger charge is -2.16. The summed E-state index contributed by atoms with van der Waals surface area (Å²) in [6, 6.07) is 22.5. The number of carbonyl (C=O) groups is 1. The molecule has 0 saturated heterocycles. The van der Waals surface area contributed by atoms with Crippen LogP contribution in [0, 0.1) is 0 Å². The molecule has 0 unspecified atom stereocenters. The number of halogens is 1. The zero-order valence-electron chi connectivity index (χ0n) is 16.7. The average molecular weight is 426 g/mol. The zero-order chi connectivity index (χ0) is 21.2. The summed E-state index contributed by atoms with van der Waals surface area (Å²) in [5.41, 5.74) is 8.74. The number of rotatable bonds is 10. The van der Waals surface area contributed by atoms with Crippen molar-refractivity contribution < 1.29 is 14.3 Å². The van der Waals surface area contributed by atoms with Crippen molar-refractivity contribution in [1.82, 2.24) is 5.43 Å². The Balaban J connectivity index is 1.61. The molecule has 30 heavy (non-hydrogen) atoms. The fourth-order valence-corrected chi connectivity index (χ4v) is 2.94. The molecule has 3 N–H and O–H groups in total. The predicted molar refractivity (Wildman–Crippen MR) is 120 cm³/mol. The second kappa shape index (κ2) is 11.1. The minimum Gasteiger partial charge on any atom is -0.490 e. The van der Waals surface area contributed by atoms with Crippen molar-refractivity contribution in [3.8, 4) is 11.5 Å². The van der Waals surface area contributed by atoms with Crippen LogP contribution in [0.1, 0.15) is 12.5 Å². The van der Waals surface area contributed by atoms with Gasteiger partial charge in [0.15, 0.2) is 18.1 Å². The highest BCUT2D eigenvalue weighted by Crippen LogP contribution is 2.33. The van der Waals surface area contributed by atoms with Crippen LogP contribution in [0.15, 0.2) is 72.8 Å². The minimum absolute atomic E-state index is 0.154. The van der Waals surface area contributed by atoms with E-state index in [4.69, 9.17) is 21.1 Å². The first-order valence-corrected chi connectivity index (χ1v) is 10.0. The molecule has 0 bridgehead atoms. The molecule has 0 heterocycles. The van der Waals surface area contributed by atoms with Crippen LogP contribution in [0.3, 0.4) is 0 Å². The van der Waals surface area contributed by atoms with E-state index in [1.807, 2.05) is 73.7 Å². The number of ether oxygens (including phenoxy) is 2. The maximum absolute atomic E-state index is 12.2. The molecule has 0 fully saturated rings. The van der Waals surface area contributed by atoms with Crippen molar-refractivity contribution in [3.05, 3.63) is 83.4 Å². The van der Waals surface area contributed by atoms with Crippen molar-refractivity contribution in [2.75, 3.05) is 24.0 Å². The molecule has 6 nitrogen and oxygen atoms in total. The number of benzene rings is 3. The standard InChI is InChI=1S/C23H24ClN3O3/c1-2-29-21-13-17(15-25-27-19-11-7-4-8-12-19)20(24)14-22(21)30-16-23(28)26-18-9-5-3-6-10-18/h3-14,25,27H,2,15-16H2,1H3,(H,26,28). The largest absolute Gasteiger partial charge is 0.490 e. The Hall–Kier alpha value is -3.22. The van der Waals surface area contributed by atoms with Crippen LogP contribution in [-0.2, 0) is 11.3 Å². The molecular formula is C23H24ClN3O3. The average Bonchev–Trinajstić information content (AvgIpc) is 2.76. The van der Waals surface area contributed by atoms with E-state index in [2.05, 4.69) is 16.2 Å². The van der Waals surface area contributed by atoms with E-state index >= 15 is 0 Å². The Morgan fingerprint density at radius 3 is 2.20 bits per heavy atom. The number of hydrazine groups is 1. The van der Waals surface area contributed by atoms with E-state index in [-0.39, 0.29) is 12.5 Å². The molecule has 3 rings (SSSR count). The zero-order valence-corrected chi connectivity index (χ0v) is 17.4. The lowest BCUT2D eigenvalue weighted by molar-refractivity contribution is -0.118. The summed E-state index contributed by atoms with van der Waals surface area (Å²) >= 11 is 6.42. The van der Waals surface area contributed by atoms with Crippen molar-refractivity contribution >= 4 is 28.9 Å². The second-order valence-electron chi connectivity index (χ2n) is 6.37. The van der Waals surface area contributed by atoms with Crippen LogP contribution in [0.4, 0.5) is 11.4 Å². The van der Waals surface area contributed by atoms with Crippen molar-refractivity contribution in [1.29, 1.82) is 0 Å². The van der Waals surface area contributed by atoms with Crippen LogP contribution in [0.25, 0.3) is 0 Å². The van der Waals surface area contributed by atoms with Gasteiger partial charge in [-0.3, -0.25) is 4.79 Å². The highest BCUT2D eigenvalue weighted by atomic mass is 35.5. The highest BCUT2D eigenvalue weighted by molar-refractivity contribution is 6.31. The van der Waals surface area contributed by atoms with E-state index in [1.165, 1.54) is 0 Å². The van der Waals surface area contributed by atoms with Gasteiger partial charge < -0.3 is 20.2 Å². The summed E-state index contributed by atoms with van der Waals surface area (Å²) in [5.74, 6) is 0.688. The van der Waals surface area contributed by atoms with Crippen LogP contribution in [-0.4, -0.2) is 19.1 Å². The molecule has 156 valence electrons. The van der Waals surface area contributed by atoms with Gasteiger partial charge in [0.25, 0.3) is 5.91 Å². The van der Waals surface area contributed by atoms with Crippen LogP contribution in [0.5, 0.6) is 11.5 Å². The van der Waals surface area contributed by atoms with Crippen molar-refractivity contribution in [3.63, 3.8) is 0 Å². The summed E-state index contributed by atoms with van der Waals surface area (Å²) in [6.45, 7) is 2.67. The van der Waals surface area contributed by atoms with E-state index in [1.54, 1.807) is 6.07 Å². The molecular weight excluding hydrogens is 402 g/mol. The predicted octanol–water partition coefficient (Wildman–Crippen LogP) is 4.87. The van der Waals surface area contributed by atoms with Gasteiger partial charge in [-0.05, 0) is 42.8 Å². The summed E-state index contributed by atoms with van der Waals surface area (Å²) in [4.78, 5) is 12.2. The molecule has 3 aromatic carbocycles. The fourth-order valence-electron chi connectivity index (χ4n) is 2.72. The molecule has 0 aliphatic rings. The monoisotopic (exact) mass is 425 g/mol. The number of carbonyl (C=O) groups excluding carboxylic acids is 1. The van der Waals surface area contributed by atoms with Gasteiger partial charge >= 0.3 is 0 Å². The quantitative estimate of drug-likeness (QED) is 0.404. The van der Waals surface area contributed by atoms with Gasteiger partial charge in [0.05, 0.1) is 6.61 Å². The molecule has 0 aliphatic heterocycles. The van der Waals surface area contributed by atoms with Gasteiger partial charge in [0.1, 0.15) is 0 Å². The first-order chi connectivity index (χ1) is 14.7. The Morgan fingerprint density at radius 1 is 0.900 bits per heavy atom. The second-order valence-corrected chi connectivity index (χ2v) is 6.78. The molecule has 7 heteroatoms. The topological polar surface area (TPSA) is 71.6 Å². The molecule has 1 amide bonds. The normalized spacial score (nSPS) is 10.3. The third-order valence-corrected chi connectivity index (χ3v) is 4.47. The van der Waals surface area contributed by atoms with E-state index in [0.29, 0.717) is 35.4 Å². The van der Waals surface area contributed by atoms with Crippen LogP contribution < -0.4 is 25.6 Å². The van der Waals surface area contributed by atoms with Crippen LogP contribution >= 0.6 is 11.6 Å². The number of hydrogen-bond donors (Lipinski definition) is 3. The third kappa shape index (κ3) is 6.40. The van der Waals surface area contributed by atoms with Gasteiger partial charge in [-0.25, -0.2) is 5.43 Å². The van der Waals surface area contributed by atoms with Crippen molar-refractivity contribution in [2.45, 2.75) is 13.5 Å². The Morgan fingerprint density at radius 2 is 1.53 bits per heavy atom. The maximum atomic E-state index is 12.2. The first kappa shape index (κ1) is 21.5. The smallest absolute Gasteiger partial charge is 0.262 e. The third-order valence-electron chi connectivity index (χ3n) is 4.11. The van der Waals surface area contributed by atoms with Gasteiger partial charge in [-0.1, -0.05) is 48.0 Å². The summed E-state index contributed by atoms with van der Waals surface area (Å²) in [5, 5.41) is 3.29. The van der Waals surface area contributed by atoms with Gasteiger partial charge in [-0.2, -0.15) is 0 Å². The number of anilines is 2. The molecule has 3 aromatic rings. The van der Waals surface area contributed by atoms with Gasteiger partial charge in [0, 0.05) is 29.0 Å². The summed E-state index contributed by atoms with van der Waals surface area (Å²) < 4.78 is 11.4. The number of amides is 1. The van der Waals surface area contributed by atoms with Crippen LogP contribution in [0.2, 0.25) is 5.02 Å². The first-order valence-electron chi connectivity index (χ1n) is 9.62. The Kier molecular flexibility index (Phi) is 7.94. The molecule has 0 atom stereocenters. The molecule has 0 radical (unpaired) electrons. The summed E-state index contributed by atoms with van der Waals surface area (Å²) in [6.07, 6.45) is 0. The SMILES string of the molecule is CCOc1cc(CNNc2ccccc2)c(Cl)cc1OCC(=O)Nc1ccccc1. The summed E-state index contributed by atoms with van der Waals surface area (Å²) in [7, 11) is 0. The number of nitrogens with one attached hydrogen (secondary N) is 3. The Bertz CT molecular complexity index is 953. The highest BCUT2D eigenvalue weighted by Gasteiger charge is 2.13. The molecule has 0 spiro atoms. The fraction of sp³-hybridized carbons (Fsp3) is 0.174. The lowest BCUT2D eigenvalue weighted by atomic mass is 10.2. The van der Waals surface area contributed by atoms with Crippen molar-refractivity contribution in [2.24, 2.45) is 0 Å². The lowest BCUT2D eigenvalue weighted by Crippen LogP contribution is -2.21. The van der Waals surface area contributed by atoms with E-state index in [0.717, 1.165) is 11.3 Å². The molecule has 0 saturated carbocycles. The minimum atomic E-state index is -0.266. The molecule has 0 aromatic heterocycles. The van der Waals surface area contributed by atoms with E-state index < -0.39 is 0 Å².